The Balaban J connectivity index is 1.84. The minimum absolute atomic E-state index is 0.00464. The average Bonchev–Trinajstić information content (AvgIpc) is 2.93. The van der Waals surface area contributed by atoms with Crippen LogP contribution in [0.25, 0.3) is 0 Å². The topological polar surface area (TPSA) is 59.1 Å². The number of hydrogen-bond acceptors (Lipinski definition) is 4. The zero-order valence-electron chi connectivity index (χ0n) is 14.8. The van der Waals surface area contributed by atoms with E-state index in [1.165, 1.54) is 24.1 Å². The molecular formula is C18H22F2N2O4. The van der Waals surface area contributed by atoms with E-state index in [4.69, 9.17) is 9.47 Å². The lowest BCUT2D eigenvalue weighted by molar-refractivity contribution is -0.140. The van der Waals surface area contributed by atoms with Gasteiger partial charge in [-0.3, -0.25) is 9.59 Å². The molecule has 0 unspecified atom stereocenters. The third-order valence-corrected chi connectivity index (χ3v) is 5.11. The molecule has 26 heavy (non-hydrogen) atoms. The maximum atomic E-state index is 14.3. The fourth-order valence-electron chi connectivity index (χ4n) is 3.71. The third kappa shape index (κ3) is 3.25. The maximum absolute atomic E-state index is 14.3. The van der Waals surface area contributed by atoms with Crippen molar-refractivity contribution in [2.75, 3.05) is 40.5 Å². The van der Waals surface area contributed by atoms with Gasteiger partial charge in [-0.05, 0) is 25.0 Å². The lowest BCUT2D eigenvalue weighted by atomic mass is 9.94. The molecule has 6 nitrogen and oxygen atoms in total. The van der Waals surface area contributed by atoms with Gasteiger partial charge in [0.1, 0.15) is 0 Å². The summed E-state index contributed by atoms with van der Waals surface area (Å²) in [5.41, 5.74) is -0.347. The molecule has 3 heterocycles. The smallest absolute Gasteiger partial charge is 0.257 e. The van der Waals surface area contributed by atoms with Crippen molar-refractivity contribution in [3.63, 3.8) is 0 Å². The van der Waals surface area contributed by atoms with Crippen molar-refractivity contribution in [3.8, 4) is 5.75 Å². The number of benzene rings is 1. The van der Waals surface area contributed by atoms with Crippen molar-refractivity contribution in [2.24, 2.45) is 5.92 Å². The molecule has 3 fully saturated rings. The number of rotatable bonds is 5. The second-order valence-corrected chi connectivity index (χ2v) is 6.61. The zero-order valence-corrected chi connectivity index (χ0v) is 14.8. The summed E-state index contributed by atoms with van der Waals surface area (Å²) in [5, 5.41) is 0. The zero-order chi connectivity index (χ0) is 18.8. The number of nitrogens with zero attached hydrogens (tertiary/aromatic N) is 2. The van der Waals surface area contributed by atoms with E-state index < -0.39 is 17.5 Å². The van der Waals surface area contributed by atoms with Gasteiger partial charge in [0.25, 0.3) is 5.91 Å². The van der Waals surface area contributed by atoms with Crippen LogP contribution in [0.4, 0.5) is 8.78 Å². The minimum atomic E-state index is -1.23. The highest BCUT2D eigenvalue weighted by atomic mass is 19.2. The van der Waals surface area contributed by atoms with Gasteiger partial charge >= 0.3 is 0 Å². The van der Waals surface area contributed by atoms with Gasteiger partial charge in [0, 0.05) is 32.8 Å². The third-order valence-electron chi connectivity index (χ3n) is 5.11. The molecule has 2 amide bonds. The molecule has 0 saturated carbocycles. The van der Waals surface area contributed by atoms with Crippen molar-refractivity contribution in [2.45, 2.75) is 18.9 Å². The van der Waals surface area contributed by atoms with Crippen LogP contribution < -0.4 is 4.74 Å². The first-order valence-corrected chi connectivity index (χ1v) is 8.58. The fraction of sp³-hybridized carbons (Fsp3) is 0.556. The lowest BCUT2D eigenvalue weighted by Crippen LogP contribution is -2.49. The van der Waals surface area contributed by atoms with Crippen LogP contribution in [0.2, 0.25) is 0 Å². The molecule has 0 aromatic heterocycles. The quantitative estimate of drug-likeness (QED) is 0.794. The van der Waals surface area contributed by atoms with E-state index in [0.717, 1.165) is 6.42 Å². The molecular weight excluding hydrogens is 346 g/mol. The van der Waals surface area contributed by atoms with E-state index in [2.05, 4.69) is 0 Å². The molecule has 0 N–H and O–H groups in total. The average molecular weight is 368 g/mol. The van der Waals surface area contributed by atoms with Gasteiger partial charge in [0.2, 0.25) is 11.7 Å². The number of amides is 2. The number of ether oxygens (including phenoxy) is 2. The van der Waals surface area contributed by atoms with E-state index in [1.807, 2.05) is 0 Å². The van der Waals surface area contributed by atoms with Crippen LogP contribution in [0.3, 0.4) is 0 Å². The van der Waals surface area contributed by atoms with Crippen molar-refractivity contribution in [1.82, 2.24) is 9.80 Å². The first-order valence-electron chi connectivity index (χ1n) is 8.58. The van der Waals surface area contributed by atoms with E-state index in [9.17, 15) is 18.4 Å². The predicted molar refractivity (Wildman–Crippen MR) is 88.9 cm³/mol. The van der Waals surface area contributed by atoms with Gasteiger partial charge < -0.3 is 19.3 Å². The molecule has 8 heteroatoms. The number of hydrogen-bond donors (Lipinski definition) is 0. The van der Waals surface area contributed by atoms with Crippen LogP contribution in [-0.2, 0) is 9.53 Å². The molecule has 2 bridgehead atoms. The van der Waals surface area contributed by atoms with Gasteiger partial charge in [0.15, 0.2) is 11.6 Å². The Morgan fingerprint density at radius 3 is 2.65 bits per heavy atom. The number of piperidine rings is 1. The highest BCUT2D eigenvalue weighted by molar-refractivity contribution is 5.95. The Labute approximate surface area is 150 Å². The summed E-state index contributed by atoms with van der Waals surface area (Å²) in [6.07, 6.45) is 1.47. The Morgan fingerprint density at radius 1 is 1.19 bits per heavy atom. The van der Waals surface area contributed by atoms with Crippen LogP contribution in [0, 0.1) is 17.6 Å². The van der Waals surface area contributed by atoms with Crippen LogP contribution in [-0.4, -0.2) is 68.1 Å². The van der Waals surface area contributed by atoms with E-state index in [1.54, 1.807) is 12.0 Å². The van der Waals surface area contributed by atoms with Gasteiger partial charge in [-0.2, -0.15) is 4.39 Å². The number of fused-ring (bicyclic) bond motifs is 4. The van der Waals surface area contributed by atoms with Crippen LogP contribution in [0.15, 0.2) is 12.1 Å². The largest absolute Gasteiger partial charge is 0.494 e. The molecule has 3 aliphatic heterocycles. The predicted octanol–water partition coefficient (Wildman–Crippen LogP) is 1.68. The summed E-state index contributed by atoms with van der Waals surface area (Å²) >= 11 is 0. The lowest BCUT2D eigenvalue weighted by Gasteiger charge is -2.35. The summed E-state index contributed by atoms with van der Waals surface area (Å²) in [6, 6.07) is 2.32. The van der Waals surface area contributed by atoms with E-state index >= 15 is 0 Å². The standard InChI is InChI=1S/C18H22F2N2O4/c1-25-8-7-22-12-4-3-11(17(22)23)9-21(10-12)18(24)13-5-6-14(26-2)16(20)15(13)19/h5-6,11-12H,3-4,7-10H2,1-2H3/t11-,12+/m1/s1. The van der Waals surface area contributed by atoms with Crippen molar-refractivity contribution in [1.29, 1.82) is 0 Å². The molecule has 1 aromatic rings. The Morgan fingerprint density at radius 2 is 1.96 bits per heavy atom. The fourth-order valence-corrected chi connectivity index (χ4v) is 3.71. The van der Waals surface area contributed by atoms with Crippen molar-refractivity contribution < 1.29 is 27.8 Å². The second-order valence-electron chi connectivity index (χ2n) is 6.61. The number of methoxy groups -OCH3 is 2. The molecule has 3 saturated heterocycles. The highest BCUT2D eigenvalue weighted by Gasteiger charge is 2.42. The van der Waals surface area contributed by atoms with Crippen molar-refractivity contribution >= 4 is 11.8 Å². The first kappa shape index (κ1) is 18.6. The van der Waals surface area contributed by atoms with Crippen LogP contribution >= 0.6 is 0 Å². The minimum Gasteiger partial charge on any atom is -0.494 e. The summed E-state index contributed by atoms with van der Waals surface area (Å²) in [6.45, 7) is 1.40. The molecule has 0 spiro atoms. The molecule has 3 aliphatic rings. The SMILES string of the molecule is COCCN1C(=O)[C@@H]2CC[C@H]1CN(C(=O)c1ccc(OC)c(F)c1F)C2. The van der Waals surface area contributed by atoms with Gasteiger partial charge in [0.05, 0.1) is 25.2 Å². The first-order chi connectivity index (χ1) is 12.5. The molecule has 1 aromatic carbocycles. The van der Waals surface area contributed by atoms with Crippen molar-refractivity contribution in [3.05, 3.63) is 29.3 Å². The van der Waals surface area contributed by atoms with Gasteiger partial charge in [-0.25, -0.2) is 4.39 Å². The molecule has 142 valence electrons. The number of carbonyl (C=O) groups excluding carboxylic acids is 2. The Bertz CT molecular complexity index is 713. The van der Waals surface area contributed by atoms with Gasteiger partial charge in [-0.1, -0.05) is 0 Å². The monoisotopic (exact) mass is 368 g/mol. The Hall–Kier alpha value is -2.22. The Kier molecular flexibility index (Phi) is 5.41. The van der Waals surface area contributed by atoms with Crippen LogP contribution in [0.5, 0.6) is 5.75 Å². The maximum Gasteiger partial charge on any atom is 0.257 e. The highest BCUT2D eigenvalue weighted by Crippen LogP contribution is 2.31. The summed E-state index contributed by atoms with van der Waals surface area (Å²) in [4.78, 5) is 28.6. The molecule has 2 atom stereocenters. The summed E-state index contributed by atoms with van der Waals surface area (Å²) in [5.74, 6) is -3.60. The summed E-state index contributed by atoms with van der Waals surface area (Å²) < 4.78 is 38.0. The second kappa shape index (κ2) is 7.57. The number of halogens is 2. The number of carbonyl (C=O) groups is 2. The molecule has 0 aliphatic carbocycles. The van der Waals surface area contributed by atoms with E-state index in [-0.39, 0.29) is 35.7 Å². The van der Waals surface area contributed by atoms with E-state index in [0.29, 0.717) is 26.1 Å². The van der Waals surface area contributed by atoms with Crippen LogP contribution in [0.1, 0.15) is 23.2 Å². The summed E-state index contributed by atoms with van der Waals surface area (Å²) in [7, 11) is 2.80. The normalized spacial score (nSPS) is 22.5. The van der Waals surface area contributed by atoms with Gasteiger partial charge in [-0.15, -0.1) is 0 Å². The molecule has 0 radical (unpaired) electrons. The molecule has 4 rings (SSSR count).